The van der Waals surface area contributed by atoms with Crippen molar-refractivity contribution in [1.29, 1.82) is 0 Å². The molecule has 0 fully saturated rings. The normalized spacial score (nSPS) is 16.9. The Morgan fingerprint density at radius 3 is 2.97 bits per heavy atom. The fourth-order valence-electron chi connectivity index (χ4n) is 4.28. The summed E-state index contributed by atoms with van der Waals surface area (Å²) in [6.07, 6.45) is 3.94. The summed E-state index contributed by atoms with van der Waals surface area (Å²) in [5.74, 6) is -1.63. The Hall–Kier alpha value is -2.49. The highest BCUT2D eigenvalue weighted by atomic mass is 32.1. The van der Waals surface area contributed by atoms with Crippen LogP contribution in [0.1, 0.15) is 46.1 Å². The molecule has 9 heteroatoms. The summed E-state index contributed by atoms with van der Waals surface area (Å²) < 4.78 is 29.1. The lowest BCUT2D eigenvalue weighted by Gasteiger charge is -2.23. The first-order valence-electron chi connectivity index (χ1n) is 10.5. The molecule has 0 saturated carbocycles. The first kappa shape index (κ1) is 21.4. The van der Waals surface area contributed by atoms with Crippen LogP contribution in [0.15, 0.2) is 34.7 Å². The third-order valence-electron chi connectivity index (χ3n) is 6.09. The molecule has 5 rings (SSSR count). The minimum absolute atomic E-state index is 0.0288. The predicted molar refractivity (Wildman–Crippen MR) is 124 cm³/mol. The van der Waals surface area contributed by atoms with E-state index in [-0.39, 0.29) is 24.2 Å². The number of thiophene rings is 1. The monoisotopic (exact) mass is 472 g/mol. The maximum absolute atomic E-state index is 13.9. The Morgan fingerprint density at radius 1 is 1.34 bits per heavy atom. The van der Waals surface area contributed by atoms with Gasteiger partial charge in [0.15, 0.2) is 11.6 Å². The zero-order valence-corrected chi connectivity index (χ0v) is 19.3. The molecule has 1 N–H and O–H groups in total. The lowest BCUT2D eigenvalue weighted by Crippen LogP contribution is -2.34. The van der Waals surface area contributed by atoms with Crippen molar-refractivity contribution in [3.8, 4) is 0 Å². The van der Waals surface area contributed by atoms with Gasteiger partial charge in [-0.15, -0.1) is 22.7 Å². The minimum Gasteiger partial charge on any atom is -0.309 e. The fraction of sp³-hybridized carbons (Fsp3) is 0.348. The van der Waals surface area contributed by atoms with Crippen molar-refractivity contribution in [2.75, 3.05) is 0 Å². The van der Waals surface area contributed by atoms with Crippen molar-refractivity contribution in [3.63, 3.8) is 0 Å². The topological polar surface area (TPSA) is 59.8 Å². The first-order valence-corrected chi connectivity index (χ1v) is 12.2. The van der Waals surface area contributed by atoms with Crippen molar-refractivity contribution >= 4 is 32.9 Å². The van der Waals surface area contributed by atoms with Crippen LogP contribution in [-0.2, 0) is 19.4 Å². The van der Waals surface area contributed by atoms with Crippen LogP contribution >= 0.6 is 22.7 Å². The molecule has 32 heavy (non-hydrogen) atoms. The maximum atomic E-state index is 13.9. The van der Waals surface area contributed by atoms with Gasteiger partial charge >= 0.3 is 0 Å². The molecule has 2 atom stereocenters. The van der Waals surface area contributed by atoms with Crippen molar-refractivity contribution < 1.29 is 8.78 Å². The summed E-state index contributed by atoms with van der Waals surface area (Å²) in [7, 11) is 0. The van der Waals surface area contributed by atoms with E-state index in [1.807, 2.05) is 19.2 Å². The molecule has 1 aromatic carbocycles. The van der Waals surface area contributed by atoms with Gasteiger partial charge in [-0.25, -0.2) is 18.7 Å². The van der Waals surface area contributed by atoms with Crippen LogP contribution in [0.25, 0.3) is 10.2 Å². The summed E-state index contributed by atoms with van der Waals surface area (Å²) in [5, 5.41) is 7.01. The zero-order chi connectivity index (χ0) is 22.4. The van der Waals surface area contributed by atoms with Gasteiger partial charge in [0.05, 0.1) is 28.5 Å². The molecule has 4 aromatic rings. The standard InChI is InChI=1S/C23H22F2N4OS2/c1-12(18-10-31-13(2)28-18)29-11-27-22-20(23(29)30)16-7-6-15(8-19(16)32-22)26-9-14-4-3-5-17(24)21(14)25/h3-5,10-12,15,26H,6-9H2,1-2H3/t12-,15+/m0/s1. The number of halogens is 2. The second-order valence-corrected chi connectivity index (χ2v) is 10.3. The Labute approximate surface area is 191 Å². The number of aryl methyl sites for hydroxylation is 2. The number of nitrogens with one attached hydrogen (secondary N) is 1. The number of hydrogen-bond donors (Lipinski definition) is 1. The lowest BCUT2D eigenvalue weighted by atomic mass is 9.93. The molecule has 0 radical (unpaired) electrons. The average molecular weight is 473 g/mol. The summed E-state index contributed by atoms with van der Waals surface area (Å²) in [6.45, 7) is 4.19. The van der Waals surface area contributed by atoms with Crippen LogP contribution in [0.3, 0.4) is 0 Å². The van der Waals surface area contributed by atoms with Gasteiger partial charge in [0.2, 0.25) is 0 Å². The third kappa shape index (κ3) is 3.78. The summed E-state index contributed by atoms with van der Waals surface area (Å²) in [5.41, 5.74) is 2.24. The number of rotatable bonds is 5. The number of aromatic nitrogens is 3. The fourth-order valence-corrected chi connectivity index (χ4v) is 6.24. The average Bonchev–Trinajstić information content (AvgIpc) is 3.38. The highest BCUT2D eigenvalue weighted by Crippen LogP contribution is 2.34. The van der Waals surface area contributed by atoms with E-state index < -0.39 is 11.6 Å². The van der Waals surface area contributed by atoms with Crippen molar-refractivity contribution in [1.82, 2.24) is 19.9 Å². The van der Waals surface area contributed by atoms with E-state index in [0.717, 1.165) is 51.3 Å². The van der Waals surface area contributed by atoms with E-state index in [2.05, 4.69) is 15.3 Å². The second-order valence-electron chi connectivity index (χ2n) is 8.14. The molecule has 3 aromatic heterocycles. The minimum atomic E-state index is -0.830. The molecule has 3 heterocycles. The van der Waals surface area contributed by atoms with Gasteiger partial charge in [0.25, 0.3) is 5.56 Å². The molecule has 0 unspecified atom stereocenters. The molecule has 0 aliphatic heterocycles. The molecular weight excluding hydrogens is 450 g/mol. The van der Waals surface area contributed by atoms with Gasteiger partial charge in [-0.1, -0.05) is 12.1 Å². The van der Waals surface area contributed by atoms with E-state index >= 15 is 0 Å². The second kappa shape index (κ2) is 8.46. The van der Waals surface area contributed by atoms with Gasteiger partial charge < -0.3 is 5.32 Å². The van der Waals surface area contributed by atoms with Gasteiger partial charge in [-0.2, -0.15) is 0 Å². The van der Waals surface area contributed by atoms with Gasteiger partial charge in [-0.05, 0) is 44.7 Å². The molecule has 0 amide bonds. The number of thiazole rings is 1. The Kier molecular flexibility index (Phi) is 5.65. The smallest absolute Gasteiger partial charge is 0.262 e. The quantitative estimate of drug-likeness (QED) is 0.455. The van der Waals surface area contributed by atoms with E-state index in [1.54, 1.807) is 39.6 Å². The van der Waals surface area contributed by atoms with Gasteiger partial charge in [-0.3, -0.25) is 9.36 Å². The zero-order valence-electron chi connectivity index (χ0n) is 17.7. The van der Waals surface area contributed by atoms with E-state index in [9.17, 15) is 13.6 Å². The van der Waals surface area contributed by atoms with Crippen LogP contribution < -0.4 is 10.9 Å². The number of nitrogens with zero attached hydrogens (tertiary/aromatic N) is 3. The SMILES string of the molecule is Cc1nc([C@H](C)n2cnc3sc4c(c3c2=O)CC[C@@H](NCc2cccc(F)c2F)C4)cs1. The molecule has 0 bridgehead atoms. The number of hydrogen-bond acceptors (Lipinski definition) is 6. The molecular formula is C23H22F2N4OS2. The Bertz CT molecular complexity index is 1360. The molecule has 1 aliphatic carbocycles. The summed E-state index contributed by atoms with van der Waals surface area (Å²) in [4.78, 5) is 24.4. The maximum Gasteiger partial charge on any atom is 0.262 e. The summed E-state index contributed by atoms with van der Waals surface area (Å²) in [6, 6.07) is 4.19. The number of benzene rings is 1. The third-order valence-corrected chi connectivity index (χ3v) is 8.04. The van der Waals surface area contributed by atoms with E-state index in [4.69, 9.17) is 0 Å². The Morgan fingerprint density at radius 2 is 2.19 bits per heavy atom. The van der Waals surface area contributed by atoms with Crippen molar-refractivity contribution in [2.45, 2.75) is 51.7 Å². The van der Waals surface area contributed by atoms with Gasteiger partial charge in [0, 0.05) is 28.4 Å². The largest absolute Gasteiger partial charge is 0.309 e. The highest BCUT2D eigenvalue weighted by molar-refractivity contribution is 7.18. The number of fused-ring (bicyclic) bond motifs is 3. The van der Waals surface area contributed by atoms with E-state index in [1.165, 1.54) is 6.07 Å². The highest BCUT2D eigenvalue weighted by Gasteiger charge is 2.26. The molecule has 5 nitrogen and oxygen atoms in total. The Balaban J connectivity index is 1.39. The molecule has 0 saturated heterocycles. The van der Waals surface area contributed by atoms with Gasteiger partial charge in [0.1, 0.15) is 4.83 Å². The van der Waals surface area contributed by atoms with Crippen molar-refractivity contribution in [2.24, 2.45) is 0 Å². The lowest BCUT2D eigenvalue weighted by molar-refractivity contribution is 0.445. The van der Waals surface area contributed by atoms with Crippen molar-refractivity contribution in [3.05, 3.63) is 78.6 Å². The van der Waals surface area contributed by atoms with Crippen LogP contribution in [0.2, 0.25) is 0 Å². The first-order chi connectivity index (χ1) is 15.4. The van der Waals surface area contributed by atoms with Crippen LogP contribution in [0.5, 0.6) is 0 Å². The molecule has 166 valence electrons. The predicted octanol–water partition coefficient (Wildman–Crippen LogP) is 4.76. The molecule has 0 spiro atoms. The van der Waals surface area contributed by atoms with Crippen LogP contribution in [-0.4, -0.2) is 20.6 Å². The van der Waals surface area contributed by atoms with E-state index in [0.29, 0.717) is 10.9 Å². The summed E-state index contributed by atoms with van der Waals surface area (Å²) >= 11 is 3.12. The van der Waals surface area contributed by atoms with Crippen LogP contribution in [0.4, 0.5) is 8.78 Å². The molecule has 1 aliphatic rings. The van der Waals surface area contributed by atoms with Crippen LogP contribution in [0, 0.1) is 18.6 Å².